The van der Waals surface area contributed by atoms with Gasteiger partial charge >= 0.3 is 0 Å². The SMILES string of the molecule is C1=CCC(n2c3ccccc3c3ccc4c(c5ccccc5n4-c4c(-c5ccccc5)cc(-c5nc(-c6ccccc6)nc(-c6ccccc6)n5)cc4-c4ccccc4)c32)C=C1. The van der Waals surface area contributed by atoms with E-state index < -0.39 is 0 Å². The molecule has 5 nitrogen and oxygen atoms in total. The van der Waals surface area contributed by atoms with Crippen molar-refractivity contribution in [1.82, 2.24) is 24.1 Å². The fraction of sp³-hybridized carbons (Fsp3) is 0.0351. The molecule has 0 saturated carbocycles. The Bertz CT molecular complexity index is 3410. The first kappa shape index (κ1) is 35.8. The van der Waals surface area contributed by atoms with Crippen molar-refractivity contribution in [2.75, 3.05) is 0 Å². The first-order valence-electron chi connectivity index (χ1n) is 21.2. The standard InChI is InChI=1S/C57H39N5/c1-6-20-38(21-7-1)47-36-42(57-59-55(40-24-10-3-11-25-40)58-56(60-57)41-26-12-4-13-27-41)37-48(39-22-8-2-9-23-39)53(47)62-50-33-19-17-31-46(50)52-51(62)35-34-45-44-30-16-18-32-49(44)61(54(45)52)43-28-14-5-15-29-43/h1-28,30-37,43H,29H2. The van der Waals surface area contributed by atoms with Gasteiger partial charge in [0.15, 0.2) is 17.5 Å². The second-order valence-electron chi connectivity index (χ2n) is 15.9. The van der Waals surface area contributed by atoms with Crippen LogP contribution in [0.5, 0.6) is 0 Å². The lowest BCUT2D eigenvalue weighted by atomic mass is 9.92. The molecule has 1 aliphatic carbocycles. The minimum atomic E-state index is 0.191. The molecule has 0 fully saturated rings. The maximum atomic E-state index is 5.23. The largest absolute Gasteiger partial charge is 0.333 e. The normalized spacial score (nSPS) is 13.8. The van der Waals surface area contributed by atoms with Gasteiger partial charge in [-0.25, -0.2) is 15.0 Å². The monoisotopic (exact) mass is 793 g/mol. The van der Waals surface area contributed by atoms with Crippen LogP contribution in [0.2, 0.25) is 0 Å². The molecule has 3 aromatic heterocycles. The summed E-state index contributed by atoms with van der Waals surface area (Å²) in [5, 5.41) is 4.99. The van der Waals surface area contributed by atoms with Gasteiger partial charge in [0, 0.05) is 54.9 Å². The number of rotatable bonds is 7. The second-order valence-corrected chi connectivity index (χ2v) is 15.9. The van der Waals surface area contributed by atoms with Crippen LogP contribution >= 0.6 is 0 Å². The van der Waals surface area contributed by atoms with Gasteiger partial charge in [0.25, 0.3) is 0 Å². The summed E-state index contributed by atoms with van der Waals surface area (Å²) in [6.45, 7) is 0. The number of hydrogen-bond acceptors (Lipinski definition) is 3. The lowest BCUT2D eigenvalue weighted by Crippen LogP contribution is -2.07. The molecule has 3 heterocycles. The zero-order chi connectivity index (χ0) is 41.0. The van der Waals surface area contributed by atoms with Gasteiger partial charge in [0.2, 0.25) is 0 Å². The molecule has 1 aliphatic rings. The Balaban J connectivity index is 1.21. The number of hydrogen-bond donors (Lipinski definition) is 0. The summed E-state index contributed by atoms with van der Waals surface area (Å²) < 4.78 is 5.09. The van der Waals surface area contributed by atoms with Crippen LogP contribution in [0.3, 0.4) is 0 Å². The molecule has 1 unspecified atom stereocenters. The van der Waals surface area contributed by atoms with E-state index in [2.05, 4.69) is 191 Å². The Morgan fingerprint density at radius 3 is 1.47 bits per heavy atom. The highest BCUT2D eigenvalue weighted by molar-refractivity contribution is 6.26. The topological polar surface area (TPSA) is 48.5 Å². The molecule has 1 atom stereocenters. The molecule has 0 radical (unpaired) electrons. The van der Waals surface area contributed by atoms with Crippen LogP contribution in [0, 0.1) is 0 Å². The van der Waals surface area contributed by atoms with E-state index in [1.165, 1.54) is 32.6 Å². The Morgan fingerprint density at radius 1 is 0.403 bits per heavy atom. The zero-order valence-electron chi connectivity index (χ0n) is 33.8. The number of fused-ring (bicyclic) bond motifs is 7. The number of nitrogens with zero attached hydrogens (tertiary/aromatic N) is 5. The van der Waals surface area contributed by atoms with Crippen LogP contribution in [0.15, 0.2) is 218 Å². The van der Waals surface area contributed by atoms with Gasteiger partial charge < -0.3 is 9.13 Å². The number of benzene rings is 8. The van der Waals surface area contributed by atoms with E-state index in [4.69, 9.17) is 15.0 Å². The summed E-state index contributed by atoms with van der Waals surface area (Å²) in [7, 11) is 0. The highest BCUT2D eigenvalue weighted by Gasteiger charge is 2.26. The van der Waals surface area contributed by atoms with Crippen molar-refractivity contribution in [2.24, 2.45) is 0 Å². The molecule has 8 aromatic carbocycles. The Hall–Kier alpha value is -8.15. The maximum absolute atomic E-state index is 5.23. The summed E-state index contributed by atoms with van der Waals surface area (Å²) in [5.74, 6) is 1.87. The third-order valence-corrected chi connectivity index (χ3v) is 12.3. The van der Waals surface area contributed by atoms with Crippen molar-refractivity contribution in [3.8, 4) is 62.1 Å². The first-order valence-corrected chi connectivity index (χ1v) is 21.2. The molecule has 0 aliphatic heterocycles. The molecular formula is C57H39N5. The summed E-state index contributed by atoms with van der Waals surface area (Å²) in [4.78, 5) is 15.5. The molecule has 62 heavy (non-hydrogen) atoms. The number of aromatic nitrogens is 5. The Morgan fingerprint density at radius 2 is 0.903 bits per heavy atom. The van der Waals surface area contributed by atoms with Crippen molar-refractivity contribution in [2.45, 2.75) is 12.5 Å². The minimum absolute atomic E-state index is 0.191. The van der Waals surface area contributed by atoms with Gasteiger partial charge in [-0.15, -0.1) is 0 Å². The molecule has 0 N–H and O–H groups in total. The number of allylic oxidation sites excluding steroid dienone is 4. The quantitative estimate of drug-likeness (QED) is 0.161. The highest BCUT2D eigenvalue weighted by atomic mass is 15.0. The summed E-state index contributed by atoms with van der Waals surface area (Å²) in [6, 6.07) is 69.1. The Labute approximate surface area is 359 Å². The third-order valence-electron chi connectivity index (χ3n) is 12.3. The van der Waals surface area contributed by atoms with Crippen molar-refractivity contribution < 1.29 is 0 Å². The lowest BCUT2D eigenvalue weighted by molar-refractivity contribution is 0.649. The van der Waals surface area contributed by atoms with E-state index in [-0.39, 0.29) is 6.04 Å². The van der Waals surface area contributed by atoms with Crippen LogP contribution in [0.1, 0.15) is 12.5 Å². The van der Waals surface area contributed by atoms with Gasteiger partial charge in [-0.3, -0.25) is 0 Å². The lowest BCUT2D eigenvalue weighted by Gasteiger charge is -2.21. The molecule has 0 bridgehead atoms. The molecule has 0 saturated heterocycles. The molecule has 11 aromatic rings. The van der Waals surface area contributed by atoms with Crippen LogP contribution < -0.4 is 0 Å². The summed E-state index contributed by atoms with van der Waals surface area (Å²) in [5.41, 5.74) is 13.0. The van der Waals surface area contributed by atoms with Crippen molar-refractivity contribution in [3.63, 3.8) is 0 Å². The molecule has 12 rings (SSSR count). The average Bonchev–Trinajstić information content (AvgIpc) is 3.87. The third kappa shape index (κ3) is 5.89. The van der Waals surface area contributed by atoms with E-state index in [0.29, 0.717) is 17.5 Å². The number of para-hydroxylation sites is 2. The van der Waals surface area contributed by atoms with Gasteiger partial charge in [-0.1, -0.05) is 188 Å². The van der Waals surface area contributed by atoms with Crippen molar-refractivity contribution >= 4 is 43.6 Å². The van der Waals surface area contributed by atoms with Gasteiger partial charge in [0.05, 0.1) is 28.3 Å². The van der Waals surface area contributed by atoms with Crippen LogP contribution in [-0.2, 0) is 0 Å². The van der Waals surface area contributed by atoms with E-state index in [1.807, 2.05) is 36.4 Å². The van der Waals surface area contributed by atoms with Gasteiger partial charge in [0.1, 0.15) is 0 Å². The summed E-state index contributed by atoms with van der Waals surface area (Å²) in [6.07, 6.45) is 9.92. The fourth-order valence-corrected chi connectivity index (χ4v) is 9.50. The van der Waals surface area contributed by atoms with Crippen LogP contribution in [-0.4, -0.2) is 24.1 Å². The molecule has 0 amide bonds. The minimum Gasteiger partial charge on any atom is -0.333 e. The first-order chi connectivity index (χ1) is 30.8. The van der Waals surface area contributed by atoms with Gasteiger partial charge in [-0.05, 0) is 47.9 Å². The van der Waals surface area contributed by atoms with Crippen LogP contribution in [0.4, 0.5) is 0 Å². The summed E-state index contributed by atoms with van der Waals surface area (Å²) >= 11 is 0. The second kappa shape index (κ2) is 14.8. The Kier molecular flexibility index (Phi) is 8.56. The smallest absolute Gasteiger partial charge is 0.164 e. The van der Waals surface area contributed by atoms with E-state index in [0.717, 1.165) is 62.1 Å². The fourth-order valence-electron chi connectivity index (χ4n) is 9.50. The predicted octanol–water partition coefficient (Wildman–Crippen LogP) is 14.5. The maximum Gasteiger partial charge on any atom is 0.164 e. The van der Waals surface area contributed by atoms with E-state index >= 15 is 0 Å². The highest BCUT2D eigenvalue weighted by Crippen LogP contribution is 2.47. The molecule has 0 spiro atoms. The molecular weight excluding hydrogens is 755 g/mol. The van der Waals surface area contributed by atoms with E-state index in [9.17, 15) is 0 Å². The molecule has 292 valence electrons. The molecule has 5 heteroatoms. The van der Waals surface area contributed by atoms with Gasteiger partial charge in [-0.2, -0.15) is 0 Å². The van der Waals surface area contributed by atoms with Crippen LogP contribution in [0.25, 0.3) is 106 Å². The zero-order valence-corrected chi connectivity index (χ0v) is 33.8. The average molecular weight is 794 g/mol. The van der Waals surface area contributed by atoms with E-state index in [1.54, 1.807) is 0 Å². The predicted molar refractivity (Wildman–Crippen MR) is 256 cm³/mol. The van der Waals surface area contributed by atoms with Crippen molar-refractivity contribution in [1.29, 1.82) is 0 Å². The van der Waals surface area contributed by atoms with Crippen molar-refractivity contribution in [3.05, 3.63) is 218 Å².